The van der Waals surface area contributed by atoms with Crippen LogP contribution in [-0.2, 0) is 25.9 Å². The fourth-order valence-electron chi connectivity index (χ4n) is 5.01. The van der Waals surface area contributed by atoms with Crippen molar-refractivity contribution >= 4 is 63.9 Å². The molecule has 3 aromatic rings. The molecule has 3 amide bonds. The molecule has 1 saturated carbocycles. The summed E-state index contributed by atoms with van der Waals surface area (Å²) in [5, 5.41) is 4.77. The lowest BCUT2D eigenvalue weighted by atomic mass is 9.89. The van der Waals surface area contributed by atoms with Crippen molar-refractivity contribution in [1.82, 2.24) is 0 Å². The van der Waals surface area contributed by atoms with Gasteiger partial charge in [0.25, 0.3) is 5.91 Å². The Morgan fingerprint density at radius 3 is 2.28 bits per heavy atom. The number of rotatable bonds is 8. The fourth-order valence-corrected chi connectivity index (χ4v) is 6.27. The number of methoxy groups -OCH3 is 1. The average molecular weight is 665 g/mol. The molecule has 2 atom stereocenters. The number of hydrogen-bond donors (Lipinski definition) is 3. The predicted octanol–water partition coefficient (Wildman–Crippen LogP) is 6.48. The Labute approximate surface area is 256 Å². The number of nitrogens with one attached hydrogen (secondary N) is 2. The number of benzene rings is 3. The number of hydrogen-bond acceptors (Lipinski definition) is 4. The molecule has 0 aliphatic heterocycles. The minimum Gasteiger partial charge on any atom is -0.375 e. The zero-order valence-corrected chi connectivity index (χ0v) is 24.4. The summed E-state index contributed by atoms with van der Waals surface area (Å²) in [7, 11) is 1.29. The molecule has 0 saturated heterocycles. The molecule has 4 rings (SSSR count). The van der Waals surface area contributed by atoms with Gasteiger partial charge in [0.1, 0.15) is 28.0 Å². The van der Waals surface area contributed by atoms with Crippen LogP contribution >= 0.6 is 34.8 Å². The van der Waals surface area contributed by atoms with Gasteiger partial charge in [-0.2, -0.15) is 13.2 Å². The van der Waals surface area contributed by atoms with Crippen LogP contribution in [-0.4, -0.2) is 35.8 Å². The number of primary amides is 1. The molecule has 0 bridgehead atoms. The van der Waals surface area contributed by atoms with Crippen molar-refractivity contribution in [1.29, 1.82) is 0 Å². The zero-order valence-electron chi connectivity index (χ0n) is 22.1. The smallest absolute Gasteiger partial charge is 0.375 e. The first-order valence-electron chi connectivity index (χ1n) is 12.2. The van der Waals surface area contributed by atoms with Crippen LogP contribution in [0.5, 0.6) is 0 Å². The van der Waals surface area contributed by atoms with Crippen molar-refractivity contribution in [2.75, 3.05) is 24.4 Å². The quantitative estimate of drug-likeness (QED) is 0.189. The second-order valence-corrected chi connectivity index (χ2v) is 11.5. The fraction of sp³-hybridized carbons (Fsp3) is 0.250. The highest BCUT2D eigenvalue weighted by atomic mass is 35.5. The molecule has 1 aliphatic carbocycles. The number of anilines is 2. The molecule has 1 aliphatic rings. The van der Waals surface area contributed by atoms with Gasteiger partial charge in [-0.1, -0.05) is 46.9 Å². The SMILES string of the molecule is COCC(=O)Nc1ccc(C(=O)Nc2cc(C3(C(N)=O)C(c4ccc(F)c(C(F)(F)F)c4)C3(Cl)Cl)ccc2Cl)c(C)c1F. The van der Waals surface area contributed by atoms with E-state index in [9.17, 15) is 36.3 Å². The molecule has 4 N–H and O–H groups in total. The summed E-state index contributed by atoms with van der Waals surface area (Å²) in [6.07, 6.45) is -5.05. The molecule has 1 fully saturated rings. The highest BCUT2D eigenvalue weighted by molar-refractivity contribution is 6.55. The van der Waals surface area contributed by atoms with E-state index in [1.165, 1.54) is 44.4 Å². The first-order valence-corrected chi connectivity index (χ1v) is 13.4. The first kappa shape index (κ1) is 32.5. The number of halogens is 8. The molecule has 7 nitrogen and oxygen atoms in total. The summed E-state index contributed by atoms with van der Waals surface area (Å²) in [4.78, 5) is 37.8. The van der Waals surface area contributed by atoms with Crippen LogP contribution in [0.15, 0.2) is 48.5 Å². The largest absolute Gasteiger partial charge is 0.419 e. The van der Waals surface area contributed by atoms with Crippen LogP contribution in [0.1, 0.15) is 38.5 Å². The average Bonchev–Trinajstić information content (AvgIpc) is 3.44. The Bertz CT molecular complexity index is 1650. The minimum absolute atomic E-state index is 0.00769. The van der Waals surface area contributed by atoms with Crippen LogP contribution in [0.2, 0.25) is 5.02 Å². The molecule has 3 aromatic carbocycles. The summed E-state index contributed by atoms with van der Waals surface area (Å²) in [6, 6.07) is 8.30. The van der Waals surface area contributed by atoms with Crippen molar-refractivity contribution in [3.63, 3.8) is 0 Å². The van der Waals surface area contributed by atoms with Gasteiger partial charge in [-0.25, -0.2) is 8.78 Å². The van der Waals surface area contributed by atoms with E-state index in [2.05, 4.69) is 15.4 Å². The van der Waals surface area contributed by atoms with E-state index in [1.807, 2.05) is 0 Å². The van der Waals surface area contributed by atoms with Gasteiger partial charge in [-0.05, 0) is 60.0 Å². The van der Waals surface area contributed by atoms with E-state index >= 15 is 0 Å². The molecule has 0 spiro atoms. The van der Waals surface area contributed by atoms with E-state index in [0.717, 1.165) is 6.07 Å². The summed E-state index contributed by atoms with van der Waals surface area (Å²) >= 11 is 19.3. The topological polar surface area (TPSA) is 111 Å². The van der Waals surface area contributed by atoms with E-state index in [4.69, 9.17) is 40.5 Å². The maximum absolute atomic E-state index is 14.9. The van der Waals surface area contributed by atoms with Crippen LogP contribution < -0.4 is 16.4 Å². The number of carbonyl (C=O) groups excluding carboxylic acids is 3. The number of amides is 3. The maximum atomic E-state index is 14.9. The van der Waals surface area contributed by atoms with Gasteiger partial charge >= 0.3 is 6.18 Å². The van der Waals surface area contributed by atoms with Gasteiger partial charge < -0.3 is 21.1 Å². The number of ether oxygens (including phenoxy) is 1. The van der Waals surface area contributed by atoms with Gasteiger partial charge in [0.05, 0.1) is 22.0 Å². The van der Waals surface area contributed by atoms with Gasteiger partial charge in [-0.3, -0.25) is 14.4 Å². The summed E-state index contributed by atoms with van der Waals surface area (Å²) in [6.45, 7) is 0.984. The van der Waals surface area contributed by atoms with Gasteiger partial charge in [0.15, 0.2) is 0 Å². The van der Waals surface area contributed by atoms with E-state index in [1.54, 1.807) is 0 Å². The third-order valence-corrected chi connectivity index (χ3v) is 8.47. The third kappa shape index (κ3) is 5.64. The Morgan fingerprint density at radius 1 is 1.00 bits per heavy atom. The molecule has 43 heavy (non-hydrogen) atoms. The van der Waals surface area contributed by atoms with Gasteiger partial charge in [0, 0.05) is 18.6 Å². The standard InChI is InChI=1S/C28H21Cl3F5N3O4/c1-12-15(5-8-19(22(12)33)38-21(40)11-43-2)24(41)39-20-10-14(4-6-17(20)29)26(25(37)42)23(27(26,30)31)13-3-7-18(32)16(9-13)28(34,35)36/h3-10,23H,11H2,1-2H3,(H2,37,42)(H,38,40)(H,39,41). The lowest BCUT2D eigenvalue weighted by molar-refractivity contribution is -0.140. The normalized spacial score (nSPS) is 19.1. The molecule has 15 heteroatoms. The van der Waals surface area contributed by atoms with Gasteiger partial charge in [-0.15, -0.1) is 0 Å². The highest BCUT2D eigenvalue weighted by Gasteiger charge is 2.81. The Balaban J connectivity index is 1.70. The number of nitrogens with two attached hydrogens (primary N) is 1. The van der Waals surface area contributed by atoms with Crippen molar-refractivity contribution in [3.05, 3.63) is 93.0 Å². The summed E-state index contributed by atoms with van der Waals surface area (Å²) < 4.78 is 71.7. The molecule has 0 radical (unpaired) electrons. The third-order valence-electron chi connectivity index (χ3n) is 7.11. The van der Waals surface area contributed by atoms with E-state index in [0.29, 0.717) is 12.1 Å². The van der Waals surface area contributed by atoms with Crippen molar-refractivity contribution in [2.24, 2.45) is 5.73 Å². The number of alkyl halides is 5. The molecule has 0 aromatic heterocycles. The lowest BCUT2D eigenvalue weighted by Crippen LogP contribution is -2.34. The van der Waals surface area contributed by atoms with Crippen LogP contribution in [0, 0.1) is 18.6 Å². The van der Waals surface area contributed by atoms with E-state index in [-0.39, 0.29) is 45.3 Å². The van der Waals surface area contributed by atoms with E-state index < -0.39 is 56.8 Å². The minimum atomic E-state index is -5.05. The van der Waals surface area contributed by atoms with Crippen molar-refractivity contribution in [2.45, 2.75) is 28.8 Å². The van der Waals surface area contributed by atoms with Crippen molar-refractivity contribution in [3.8, 4) is 0 Å². The highest BCUT2D eigenvalue weighted by Crippen LogP contribution is 2.74. The Morgan fingerprint density at radius 2 is 1.67 bits per heavy atom. The molecular formula is C28H21Cl3F5N3O4. The first-order chi connectivity index (χ1) is 20.0. The Kier molecular flexibility index (Phi) is 8.73. The van der Waals surface area contributed by atoms with Crippen LogP contribution in [0.4, 0.5) is 33.3 Å². The van der Waals surface area contributed by atoms with Crippen LogP contribution in [0.25, 0.3) is 0 Å². The Hall–Kier alpha value is -3.45. The summed E-state index contributed by atoms with van der Waals surface area (Å²) in [5.74, 6) is -6.31. The monoisotopic (exact) mass is 663 g/mol. The second-order valence-electron chi connectivity index (χ2n) is 9.69. The molecule has 2 unspecified atom stereocenters. The van der Waals surface area contributed by atoms with Gasteiger partial charge in [0.2, 0.25) is 11.8 Å². The molecular weight excluding hydrogens is 644 g/mol. The summed E-state index contributed by atoms with van der Waals surface area (Å²) in [5.41, 5.74) is 1.37. The number of carbonyl (C=O) groups is 3. The second kappa shape index (κ2) is 11.6. The van der Waals surface area contributed by atoms with Crippen molar-refractivity contribution < 1.29 is 41.1 Å². The molecule has 0 heterocycles. The molecule has 228 valence electrons. The predicted molar refractivity (Wildman–Crippen MR) is 151 cm³/mol. The maximum Gasteiger partial charge on any atom is 0.419 e. The van der Waals surface area contributed by atoms with Crippen LogP contribution in [0.3, 0.4) is 0 Å². The zero-order chi connectivity index (χ0) is 32.1. The lowest BCUT2D eigenvalue weighted by Gasteiger charge is -2.18.